The number of fused-ring (bicyclic) bond motifs is 1. The van der Waals surface area contributed by atoms with Crippen molar-refractivity contribution in [2.75, 3.05) is 12.3 Å². The van der Waals surface area contributed by atoms with E-state index in [1.807, 2.05) is 0 Å². The summed E-state index contributed by atoms with van der Waals surface area (Å²) < 4.78 is 24.3. The summed E-state index contributed by atoms with van der Waals surface area (Å²) in [5.74, 6) is -0.306. The van der Waals surface area contributed by atoms with Gasteiger partial charge in [0.25, 0.3) is 0 Å². The van der Waals surface area contributed by atoms with E-state index < -0.39 is 28.7 Å². The van der Waals surface area contributed by atoms with Gasteiger partial charge in [-0.25, -0.2) is 15.0 Å². The van der Waals surface area contributed by atoms with Crippen LogP contribution in [0.2, 0.25) is 0 Å². The van der Waals surface area contributed by atoms with Crippen molar-refractivity contribution in [2.45, 2.75) is 18.4 Å². The van der Waals surface area contributed by atoms with E-state index in [-0.39, 0.29) is 12.4 Å². The number of carbonyl (C=O) groups excluding carboxylic acids is 1. The Morgan fingerprint density at radius 2 is 2.55 bits per heavy atom. The van der Waals surface area contributed by atoms with Gasteiger partial charge in [-0.05, 0) is 22.0 Å². The van der Waals surface area contributed by atoms with Gasteiger partial charge in [-0.2, -0.15) is 0 Å². The van der Waals surface area contributed by atoms with Gasteiger partial charge < -0.3 is 20.1 Å². The molecule has 4 atom stereocenters. The van der Waals surface area contributed by atoms with Crippen LogP contribution in [0, 0.1) is 0 Å². The first-order chi connectivity index (χ1) is 11.3. The Morgan fingerprint density at radius 1 is 1.73 bits per heavy atom. The number of aliphatic hydroxyl groups excluding tert-OH is 1. The van der Waals surface area contributed by atoms with Gasteiger partial charge in [0.1, 0.15) is 29.8 Å². The molecule has 9 nitrogen and oxygen atoms in total. The highest BCUT2D eigenvalue weighted by molar-refractivity contribution is 14.2. The largest absolute Gasteiger partial charge is 0.382 e. The zero-order chi connectivity index (χ0) is 17.5. The highest BCUT2D eigenvalue weighted by Crippen LogP contribution is 2.35. The first-order valence-corrected chi connectivity index (χ1v) is 11.1. The third kappa shape index (κ3) is 2.88. The predicted molar refractivity (Wildman–Crippen MR) is 90.3 cm³/mol. The topological polar surface area (TPSA) is 125 Å². The van der Waals surface area contributed by atoms with Crippen molar-refractivity contribution in [3.63, 3.8) is 0 Å². The summed E-state index contributed by atoms with van der Waals surface area (Å²) in [5.41, 5.74) is 6.39. The van der Waals surface area contributed by atoms with Crippen LogP contribution in [0.3, 0.4) is 0 Å². The quantitative estimate of drug-likeness (QED) is 0.477. The molecule has 0 aliphatic carbocycles. The van der Waals surface area contributed by atoms with Gasteiger partial charge in [0, 0.05) is 0 Å². The maximum atomic E-state index is 12.5. The van der Waals surface area contributed by atoms with Crippen LogP contribution in [0.25, 0.3) is 11.2 Å². The molecule has 0 saturated carbocycles. The number of hydrogen-bond acceptors (Lipinski definition) is 9. The Bertz CT molecular complexity index is 835. The second kappa shape index (κ2) is 6.42. The van der Waals surface area contributed by atoms with E-state index in [9.17, 15) is 4.79 Å². The molecule has 1 aliphatic rings. The molecule has 0 radical (unpaired) electrons. The van der Waals surface area contributed by atoms with Crippen molar-refractivity contribution in [2.24, 2.45) is 0 Å². The lowest BCUT2D eigenvalue weighted by molar-refractivity contribution is -0.130. The smallest absolute Gasteiger partial charge is 0.213 e. The molecule has 3 N–H and O–H groups in total. The number of ketones is 1. The highest BCUT2D eigenvalue weighted by atomic mass is 127. The lowest BCUT2D eigenvalue weighted by Gasteiger charge is -2.14. The molecule has 2 aromatic heterocycles. The normalized spacial score (nSPS) is 29.3. The van der Waals surface area contributed by atoms with E-state index >= 15 is 0 Å². The molecule has 3 rings (SSSR count). The number of hydrogen-bond donors (Lipinski definition) is 2. The summed E-state index contributed by atoms with van der Waals surface area (Å²) in [4.78, 5) is 24.4. The Labute approximate surface area is 146 Å². The van der Waals surface area contributed by atoms with Crippen LogP contribution in [0.4, 0.5) is 5.82 Å². The van der Waals surface area contributed by atoms with Gasteiger partial charge >= 0.3 is 0 Å². The first-order valence-electron chi connectivity index (χ1n) is 6.88. The summed E-state index contributed by atoms with van der Waals surface area (Å²) in [6.45, 7) is -0.126. The van der Waals surface area contributed by atoms with Crippen LogP contribution in [0.1, 0.15) is 6.23 Å². The van der Waals surface area contributed by atoms with Gasteiger partial charge in [0.2, 0.25) is 7.21 Å². The van der Waals surface area contributed by atoms with Crippen molar-refractivity contribution < 1.29 is 19.2 Å². The molecule has 1 fully saturated rings. The molecular formula is C10H11IN5O4PS. The number of nitrogens with zero attached hydrogens (tertiary/aromatic N) is 4. The van der Waals surface area contributed by atoms with Crippen LogP contribution in [0.15, 0.2) is 12.7 Å². The third-order valence-electron chi connectivity index (χ3n) is 3.15. The molecule has 2 unspecified atom stereocenters. The van der Waals surface area contributed by atoms with E-state index in [2.05, 4.69) is 20.1 Å². The Kier molecular flexibility index (Phi) is 3.99. The maximum Gasteiger partial charge on any atom is 0.213 e. The molecule has 22 heavy (non-hydrogen) atoms. The second-order valence-corrected chi connectivity index (χ2v) is 10.7. The molecule has 3 heterocycles. The van der Waals surface area contributed by atoms with E-state index in [4.69, 9.17) is 29.5 Å². The van der Waals surface area contributed by atoms with E-state index in [1.54, 1.807) is 22.0 Å². The predicted octanol–water partition coefficient (Wildman–Crippen LogP) is 0.194. The number of nitrogens with two attached hydrogens (primary N) is 1. The lowest BCUT2D eigenvalue weighted by Crippen LogP contribution is -2.29. The van der Waals surface area contributed by atoms with E-state index in [0.29, 0.717) is 11.2 Å². The second-order valence-electron chi connectivity index (χ2n) is 4.44. The van der Waals surface area contributed by atoms with Gasteiger partial charge in [-0.3, -0.25) is 9.36 Å². The molecule has 0 aromatic carbocycles. The number of halogens is 1. The molecule has 0 amide bonds. The number of ether oxygens (including phenoxy) is 1. The van der Waals surface area contributed by atoms with Gasteiger partial charge in [0.05, 0.1) is 12.9 Å². The van der Waals surface area contributed by atoms with Crippen molar-refractivity contribution in [3.8, 4) is 0 Å². The highest BCUT2D eigenvalue weighted by Gasteiger charge is 2.44. The fraction of sp³-hybridized carbons (Fsp3) is 0.400. The van der Waals surface area contributed by atoms with Crippen molar-refractivity contribution >= 4 is 61.1 Å². The Hall–Kier alpha value is -0.720. The molecule has 0 bridgehead atoms. The van der Waals surface area contributed by atoms with Crippen molar-refractivity contribution in [1.29, 1.82) is 2.71 Å². The standard InChI is InChI=1S/C10H11IN5O4PS/c11-21(22)19-1-4-6(17)7(18)10(20-4)16-3-15-5-8(12)13-2-14-9(5)16/h2-4,6,10,17,21H,1H2,(H2,12,13,14)/t4-,6?,10-/m1/s1/i17T,21D. The molecular weight excluding hydrogens is 444 g/mol. The number of imidazole rings is 1. The summed E-state index contributed by atoms with van der Waals surface area (Å²) in [5, 5.41) is 4.48. The summed E-state index contributed by atoms with van der Waals surface area (Å²) in [7, 11) is 0. The summed E-state index contributed by atoms with van der Waals surface area (Å²) >= 11 is 6.59. The Morgan fingerprint density at radius 3 is 3.27 bits per heavy atom. The molecule has 0 spiro atoms. The number of rotatable bonds is 5. The van der Waals surface area contributed by atoms with Crippen LogP contribution in [-0.4, -0.2) is 51.9 Å². The SMILES string of the molecule is [2H]P(=S)(I)OC[C@H]1O[C@@H](n2cnc3c(N)ncnc32)C(=O)C1O[3H]. The molecule has 12 heteroatoms. The van der Waals surface area contributed by atoms with Crippen LogP contribution in [0.5, 0.6) is 0 Å². The first kappa shape index (κ1) is 13.7. The zero-order valence-electron chi connectivity index (χ0n) is 12.8. The minimum absolute atomic E-state index is 0.126. The minimum Gasteiger partial charge on any atom is -0.382 e. The summed E-state index contributed by atoms with van der Waals surface area (Å²) in [6, 6.07) is 0. The zero-order valence-corrected chi connectivity index (χ0v) is 14.7. The average Bonchev–Trinajstić information content (AvgIpc) is 3.06. The lowest BCUT2D eigenvalue weighted by atomic mass is 10.2. The number of nitrogen functional groups attached to an aromatic ring is 1. The number of Topliss-reactive ketones (excluding diaryl/α,β-unsaturated/α-hetero) is 1. The van der Waals surface area contributed by atoms with E-state index in [0.717, 1.165) is 0 Å². The summed E-state index contributed by atoms with van der Waals surface area (Å²) in [6.07, 6.45) is -0.509. The van der Waals surface area contributed by atoms with Gasteiger partial charge in [-0.15, -0.1) is 0 Å². The van der Waals surface area contributed by atoms with Crippen molar-refractivity contribution in [3.05, 3.63) is 12.7 Å². The van der Waals surface area contributed by atoms with Crippen molar-refractivity contribution in [1.82, 2.24) is 19.5 Å². The number of carbonyl (C=O) groups is 1. The van der Waals surface area contributed by atoms with Crippen LogP contribution >= 0.6 is 26.6 Å². The van der Waals surface area contributed by atoms with Crippen LogP contribution in [-0.2, 0) is 25.9 Å². The Balaban J connectivity index is 1.89. The fourth-order valence-electron chi connectivity index (χ4n) is 2.13. The molecule has 1 saturated heterocycles. The number of anilines is 1. The number of aliphatic hydroxyl groups is 1. The van der Waals surface area contributed by atoms with Gasteiger partial charge in [0.15, 0.2) is 17.7 Å². The number of aromatic nitrogens is 4. The monoisotopic (exact) mass is 458 g/mol. The molecule has 2 aromatic rings. The van der Waals surface area contributed by atoms with E-state index in [1.165, 1.54) is 17.2 Å². The van der Waals surface area contributed by atoms with Gasteiger partial charge in [-0.1, -0.05) is 11.8 Å². The minimum atomic E-state index is -2.71. The fourth-order valence-corrected chi connectivity index (χ4v) is 3.06. The average molecular weight is 458 g/mol. The molecule has 1 aliphatic heterocycles. The maximum absolute atomic E-state index is 12.5. The van der Waals surface area contributed by atoms with Crippen LogP contribution < -0.4 is 5.73 Å². The molecule has 118 valence electrons. The third-order valence-corrected chi connectivity index (χ3v) is 4.65.